The molecule has 1 aromatic heterocycles. The molecule has 0 spiro atoms. The summed E-state index contributed by atoms with van der Waals surface area (Å²) in [6.07, 6.45) is 2.98. The van der Waals surface area contributed by atoms with Gasteiger partial charge in [-0.1, -0.05) is 6.92 Å². The number of aryl methyl sites for hydroxylation is 1. The van der Waals surface area contributed by atoms with E-state index in [0.29, 0.717) is 5.75 Å². The average molecular weight is 200 g/mol. The molecule has 0 atom stereocenters. The highest BCUT2D eigenvalue weighted by Gasteiger charge is 2.06. The van der Waals surface area contributed by atoms with Crippen LogP contribution in [-0.2, 0) is 6.42 Å². The Kier molecular flexibility index (Phi) is 3.82. The quantitative estimate of drug-likeness (QED) is 0.695. The fourth-order valence-electron chi connectivity index (χ4n) is 0.920. The van der Waals surface area contributed by atoms with Crippen LogP contribution in [-0.4, -0.2) is 17.8 Å². The van der Waals surface area contributed by atoms with Crippen LogP contribution < -0.4 is 0 Å². The molecular weight excluding hydrogens is 188 g/mol. The zero-order valence-electron chi connectivity index (χ0n) is 7.29. The SMILES string of the molecule is CCc1ccc(C(=O)CSC)s1. The number of carbonyl (C=O) groups excluding carboxylic acids is 1. The van der Waals surface area contributed by atoms with Crippen LogP contribution >= 0.6 is 23.1 Å². The Morgan fingerprint density at radius 3 is 2.83 bits per heavy atom. The van der Waals surface area contributed by atoms with Crippen molar-refractivity contribution in [1.29, 1.82) is 0 Å². The first-order valence-corrected chi connectivity index (χ1v) is 6.09. The summed E-state index contributed by atoms with van der Waals surface area (Å²) in [6, 6.07) is 3.97. The van der Waals surface area contributed by atoms with Crippen LogP contribution in [0.25, 0.3) is 0 Å². The molecule has 3 heteroatoms. The summed E-state index contributed by atoms with van der Waals surface area (Å²) >= 11 is 3.20. The van der Waals surface area contributed by atoms with E-state index in [1.807, 2.05) is 18.4 Å². The van der Waals surface area contributed by atoms with Crippen molar-refractivity contribution in [2.75, 3.05) is 12.0 Å². The molecule has 1 nitrogen and oxygen atoms in total. The molecule has 1 aromatic rings. The van der Waals surface area contributed by atoms with Crippen molar-refractivity contribution in [3.8, 4) is 0 Å². The molecule has 1 rings (SSSR count). The van der Waals surface area contributed by atoms with Gasteiger partial charge in [-0.3, -0.25) is 4.79 Å². The smallest absolute Gasteiger partial charge is 0.182 e. The Morgan fingerprint density at radius 1 is 1.58 bits per heavy atom. The predicted octanol–water partition coefficient (Wildman–Crippen LogP) is 2.86. The number of carbonyl (C=O) groups is 1. The van der Waals surface area contributed by atoms with Gasteiger partial charge >= 0.3 is 0 Å². The Morgan fingerprint density at radius 2 is 2.33 bits per heavy atom. The van der Waals surface area contributed by atoms with Crippen LogP contribution in [0.1, 0.15) is 21.5 Å². The largest absolute Gasteiger partial charge is 0.292 e. The third-order valence-electron chi connectivity index (χ3n) is 1.56. The highest BCUT2D eigenvalue weighted by molar-refractivity contribution is 7.99. The van der Waals surface area contributed by atoms with Crippen molar-refractivity contribution in [2.45, 2.75) is 13.3 Å². The molecule has 66 valence electrons. The van der Waals surface area contributed by atoms with Gasteiger partial charge in [-0.15, -0.1) is 11.3 Å². The Hall–Kier alpha value is -0.280. The minimum Gasteiger partial charge on any atom is -0.292 e. The van der Waals surface area contributed by atoms with E-state index in [1.54, 1.807) is 23.1 Å². The minimum absolute atomic E-state index is 0.257. The van der Waals surface area contributed by atoms with E-state index in [1.165, 1.54) is 4.88 Å². The molecule has 0 bridgehead atoms. The number of thiophene rings is 1. The second kappa shape index (κ2) is 4.67. The van der Waals surface area contributed by atoms with Gasteiger partial charge in [0, 0.05) is 4.88 Å². The molecule has 0 aliphatic heterocycles. The van der Waals surface area contributed by atoms with Crippen molar-refractivity contribution in [3.63, 3.8) is 0 Å². The standard InChI is InChI=1S/C9H12OS2/c1-3-7-4-5-9(12-7)8(10)6-11-2/h4-5H,3,6H2,1-2H3. The number of Topliss-reactive ketones (excluding diaryl/α,β-unsaturated/α-hetero) is 1. The van der Waals surface area contributed by atoms with E-state index >= 15 is 0 Å². The van der Waals surface area contributed by atoms with E-state index in [-0.39, 0.29) is 5.78 Å². The highest BCUT2D eigenvalue weighted by atomic mass is 32.2. The maximum Gasteiger partial charge on any atom is 0.182 e. The molecule has 0 saturated carbocycles. The van der Waals surface area contributed by atoms with E-state index in [4.69, 9.17) is 0 Å². The second-order valence-electron chi connectivity index (χ2n) is 2.48. The van der Waals surface area contributed by atoms with Gasteiger partial charge < -0.3 is 0 Å². The molecule has 0 aliphatic rings. The number of hydrogen-bond acceptors (Lipinski definition) is 3. The maximum absolute atomic E-state index is 11.4. The summed E-state index contributed by atoms with van der Waals surface area (Å²) in [5.41, 5.74) is 0. The number of ketones is 1. The summed E-state index contributed by atoms with van der Waals surface area (Å²) in [4.78, 5) is 13.6. The number of thioether (sulfide) groups is 1. The molecule has 0 N–H and O–H groups in total. The lowest BCUT2D eigenvalue weighted by atomic mass is 10.3. The van der Waals surface area contributed by atoms with Crippen molar-refractivity contribution in [2.24, 2.45) is 0 Å². The normalized spacial score (nSPS) is 10.2. The summed E-state index contributed by atoms with van der Waals surface area (Å²) in [7, 11) is 0. The Labute approximate surface area is 81.2 Å². The van der Waals surface area contributed by atoms with Gasteiger partial charge in [0.1, 0.15) is 0 Å². The molecule has 0 saturated heterocycles. The van der Waals surface area contributed by atoms with Crippen molar-refractivity contribution in [3.05, 3.63) is 21.9 Å². The first-order valence-electron chi connectivity index (χ1n) is 3.88. The summed E-state index contributed by atoms with van der Waals surface area (Å²) < 4.78 is 0. The third kappa shape index (κ3) is 2.35. The van der Waals surface area contributed by atoms with E-state index in [0.717, 1.165) is 11.3 Å². The second-order valence-corrected chi connectivity index (χ2v) is 4.51. The summed E-state index contributed by atoms with van der Waals surface area (Å²) in [6.45, 7) is 2.11. The van der Waals surface area contributed by atoms with Crippen LogP contribution in [0.5, 0.6) is 0 Å². The van der Waals surface area contributed by atoms with Crippen molar-refractivity contribution < 1.29 is 4.79 Å². The molecule has 12 heavy (non-hydrogen) atoms. The van der Waals surface area contributed by atoms with Crippen LogP contribution in [0, 0.1) is 0 Å². The average Bonchev–Trinajstić information content (AvgIpc) is 2.52. The first-order chi connectivity index (χ1) is 5.77. The zero-order chi connectivity index (χ0) is 8.97. The monoisotopic (exact) mass is 200 g/mol. The maximum atomic E-state index is 11.4. The third-order valence-corrected chi connectivity index (χ3v) is 3.38. The molecule has 0 fully saturated rings. The molecule has 0 unspecified atom stereocenters. The molecule has 0 aliphatic carbocycles. The minimum atomic E-state index is 0.257. The van der Waals surface area contributed by atoms with Crippen LogP contribution in [0.4, 0.5) is 0 Å². The number of rotatable bonds is 4. The summed E-state index contributed by atoms with van der Waals surface area (Å²) in [5, 5.41) is 0. The number of hydrogen-bond donors (Lipinski definition) is 0. The van der Waals surface area contributed by atoms with Crippen LogP contribution in [0.15, 0.2) is 12.1 Å². The molecule has 1 heterocycles. The van der Waals surface area contributed by atoms with Gasteiger partial charge in [0.15, 0.2) is 5.78 Å². The summed E-state index contributed by atoms with van der Waals surface area (Å²) in [5.74, 6) is 0.858. The molecule has 0 amide bonds. The van der Waals surface area contributed by atoms with Gasteiger partial charge in [-0.2, -0.15) is 11.8 Å². The molecule has 0 aromatic carbocycles. The van der Waals surface area contributed by atoms with E-state index in [2.05, 4.69) is 6.92 Å². The van der Waals surface area contributed by atoms with Crippen molar-refractivity contribution in [1.82, 2.24) is 0 Å². The fourth-order valence-corrected chi connectivity index (χ4v) is 2.31. The topological polar surface area (TPSA) is 17.1 Å². The lowest BCUT2D eigenvalue weighted by Crippen LogP contribution is -1.97. The zero-order valence-corrected chi connectivity index (χ0v) is 8.93. The van der Waals surface area contributed by atoms with Gasteiger partial charge in [0.25, 0.3) is 0 Å². The van der Waals surface area contributed by atoms with E-state index in [9.17, 15) is 4.79 Å². The first kappa shape index (κ1) is 9.81. The molecular formula is C9H12OS2. The van der Waals surface area contributed by atoms with Gasteiger partial charge in [-0.25, -0.2) is 0 Å². The molecule has 0 radical (unpaired) electrons. The predicted molar refractivity (Wildman–Crippen MR) is 56.4 cm³/mol. The Bertz CT molecular complexity index is 265. The van der Waals surface area contributed by atoms with Gasteiger partial charge in [-0.05, 0) is 24.8 Å². The van der Waals surface area contributed by atoms with E-state index < -0.39 is 0 Å². The van der Waals surface area contributed by atoms with Crippen LogP contribution in [0.3, 0.4) is 0 Å². The van der Waals surface area contributed by atoms with Crippen molar-refractivity contribution >= 4 is 28.9 Å². The fraction of sp³-hybridized carbons (Fsp3) is 0.444. The lowest BCUT2D eigenvalue weighted by Gasteiger charge is -1.91. The highest BCUT2D eigenvalue weighted by Crippen LogP contribution is 2.18. The Balaban J connectivity index is 2.68. The lowest BCUT2D eigenvalue weighted by molar-refractivity contribution is 0.102. The van der Waals surface area contributed by atoms with Gasteiger partial charge in [0.2, 0.25) is 0 Å². The van der Waals surface area contributed by atoms with Gasteiger partial charge in [0.05, 0.1) is 10.6 Å². The van der Waals surface area contributed by atoms with Crippen LogP contribution in [0.2, 0.25) is 0 Å².